The van der Waals surface area contributed by atoms with Gasteiger partial charge < -0.3 is 0 Å². The van der Waals surface area contributed by atoms with Gasteiger partial charge in [-0.3, -0.25) is 0 Å². The highest BCUT2D eigenvalue weighted by Gasteiger charge is 2.16. The highest BCUT2D eigenvalue weighted by atomic mass is 35.5. The first kappa shape index (κ1) is 14.1. The third kappa shape index (κ3) is 2.77. The SMILES string of the molecule is Clc1ccc([SH]2[C]=CC=C2c2ccc(Cl)c(Cl)c2)cc1. The van der Waals surface area contributed by atoms with Crippen LogP contribution in [0.5, 0.6) is 0 Å². The number of benzene rings is 2. The Hall–Kier alpha value is -0.860. The van der Waals surface area contributed by atoms with Gasteiger partial charge in [0, 0.05) is 15.3 Å². The molecular formula is C16H10Cl3S. The van der Waals surface area contributed by atoms with Crippen LogP contribution < -0.4 is 0 Å². The molecule has 0 nitrogen and oxygen atoms in total. The van der Waals surface area contributed by atoms with E-state index in [2.05, 4.69) is 11.5 Å². The molecule has 2 aromatic rings. The van der Waals surface area contributed by atoms with E-state index >= 15 is 0 Å². The van der Waals surface area contributed by atoms with Crippen molar-refractivity contribution < 1.29 is 0 Å². The molecule has 0 bridgehead atoms. The van der Waals surface area contributed by atoms with E-state index in [0.29, 0.717) is 10.0 Å². The Morgan fingerprint density at radius 1 is 0.850 bits per heavy atom. The Morgan fingerprint density at radius 3 is 2.30 bits per heavy atom. The van der Waals surface area contributed by atoms with E-state index in [4.69, 9.17) is 34.8 Å². The lowest BCUT2D eigenvalue weighted by atomic mass is 10.2. The standard InChI is InChI=1S/C16H10Cl3S/c17-12-4-6-13(7-5-12)20-9-1-2-16(20)11-3-8-14(18)15(19)10-11/h1-8,10,20H. The number of thiol groups is 1. The number of allylic oxidation sites excluding steroid dienone is 2. The normalized spacial score (nSPS) is 19.1. The van der Waals surface area contributed by atoms with Crippen LogP contribution in [0.4, 0.5) is 0 Å². The highest BCUT2D eigenvalue weighted by Crippen LogP contribution is 2.53. The molecule has 0 saturated carbocycles. The minimum absolute atomic E-state index is 0.571. The van der Waals surface area contributed by atoms with Crippen LogP contribution in [0.25, 0.3) is 4.91 Å². The van der Waals surface area contributed by atoms with E-state index in [9.17, 15) is 0 Å². The minimum atomic E-state index is -0.619. The Bertz CT molecular complexity index is 702. The van der Waals surface area contributed by atoms with Crippen LogP contribution in [0.15, 0.2) is 59.5 Å². The maximum atomic E-state index is 6.11. The molecule has 0 spiro atoms. The van der Waals surface area contributed by atoms with Crippen molar-refractivity contribution in [1.29, 1.82) is 0 Å². The summed E-state index contributed by atoms with van der Waals surface area (Å²) in [7, 11) is -0.619. The monoisotopic (exact) mass is 339 g/mol. The second kappa shape index (κ2) is 5.87. The van der Waals surface area contributed by atoms with Crippen molar-refractivity contribution in [3.63, 3.8) is 0 Å². The van der Waals surface area contributed by atoms with Crippen molar-refractivity contribution in [3.8, 4) is 0 Å². The van der Waals surface area contributed by atoms with Gasteiger partial charge in [-0.2, -0.15) is 10.9 Å². The fourth-order valence-electron chi connectivity index (χ4n) is 2.02. The molecule has 1 aliphatic heterocycles. The van der Waals surface area contributed by atoms with Crippen LogP contribution in [0.2, 0.25) is 15.1 Å². The summed E-state index contributed by atoms with van der Waals surface area (Å²) in [6.45, 7) is 0. The molecular weight excluding hydrogens is 331 g/mol. The summed E-state index contributed by atoms with van der Waals surface area (Å²) in [5, 5.41) is 5.29. The molecule has 0 aromatic heterocycles. The van der Waals surface area contributed by atoms with Crippen LogP contribution in [0, 0.1) is 5.41 Å². The van der Waals surface area contributed by atoms with Gasteiger partial charge in [0.25, 0.3) is 0 Å². The molecule has 0 saturated heterocycles. The lowest BCUT2D eigenvalue weighted by Gasteiger charge is -2.18. The van der Waals surface area contributed by atoms with Gasteiger partial charge in [0.05, 0.1) is 10.0 Å². The zero-order valence-corrected chi connectivity index (χ0v) is 13.4. The smallest absolute Gasteiger partial charge is 0.0598 e. The summed E-state index contributed by atoms with van der Waals surface area (Å²) < 4.78 is 0. The molecule has 3 rings (SSSR count). The summed E-state index contributed by atoms with van der Waals surface area (Å²) in [6.07, 6.45) is 4.05. The molecule has 0 amide bonds. The Balaban J connectivity index is 1.97. The summed E-state index contributed by atoms with van der Waals surface area (Å²) in [6, 6.07) is 13.6. The van der Waals surface area contributed by atoms with Crippen LogP contribution in [0.1, 0.15) is 5.56 Å². The second-order valence-electron chi connectivity index (χ2n) is 4.29. The van der Waals surface area contributed by atoms with Crippen molar-refractivity contribution in [3.05, 3.63) is 80.7 Å². The fraction of sp³-hybridized carbons (Fsp3) is 0. The quantitative estimate of drug-likeness (QED) is 0.603. The fourth-order valence-corrected chi connectivity index (χ4v) is 4.30. The third-order valence-electron chi connectivity index (χ3n) is 2.99. The maximum absolute atomic E-state index is 6.11. The molecule has 1 heterocycles. The predicted molar refractivity (Wildman–Crippen MR) is 91.0 cm³/mol. The van der Waals surface area contributed by atoms with Gasteiger partial charge in [-0.15, -0.1) is 0 Å². The topological polar surface area (TPSA) is 0 Å². The van der Waals surface area contributed by atoms with Gasteiger partial charge >= 0.3 is 0 Å². The van der Waals surface area contributed by atoms with E-state index in [1.807, 2.05) is 48.5 Å². The van der Waals surface area contributed by atoms with E-state index in [0.717, 1.165) is 10.6 Å². The molecule has 4 heteroatoms. The Labute approximate surface area is 136 Å². The predicted octanol–water partition coefficient (Wildman–Crippen LogP) is 6.38. The van der Waals surface area contributed by atoms with E-state index in [1.165, 1.54) is 9.80 Å². The molecule has 1 unspecified atom stereocenters. The van der Waals surface area contributed by atoms with Crippen LogP contribution >= 0.6 is 45.7 Å². The van der Waals surface area contributed by atoms with Crippen molar-refractivity contribution in [1.82, 2.24) is 0 Å². The molecule has 1 atom stereocenters. The first-order valence-corrected chi connectivity index (χ1v) is 8.43. The van der Waals surface area contributed by atoms with Crippen LogP contribution in [-0.4, -0.2) is 0 Å². The summed E-state index contributed by atoms with van der Waals surface area (Å²) >= 11 is 18.0. The lowest BCUT2D eigenvalue weighted by molar-refractivity contribution is 1.46. The lowest BCUT2D eigenvalue weighted by Crippen LogP contribution is -1.85. The second-order valence-corrected chi connectivity index (χ2v) is 7.47. The zero-order chi connectivity index (χ0) is 14.1. The number of hydrogen-bond acceptors (Lipinski definition) is 0. The number of halogens is 3. The largest absolute Gasteiger partial charge is 0.171 e. The molecule has 1 aliphatic rings. The maximum Gasteiger partial charge on any atom is 0.0598 e. The first-order valence-electron chi connectivity index (χ1n) is 5.96. The number of hydrogen-bond donors (Lipinski definition) is 1. The molecule has 101 valence electrons. The van der Waals surface area contributed by atoms with Crippen LogP contribution in [0.3, 0.4) is 0 Å². The van der Waals surface area contributed by atoms with Gasteiger partial charge in [-0.05, 0) is 59.0 Å². The molecule has 0 fully saturated rings. The van der Waals surface area contributed by atoms with E-state index in [-0.39, 0.29) is 0 Å². The van der Waals surface area contributed by atoms with Gasteiger partial charge in [0.1, 0.15) is 0 Å². The molecule has 1 radical (unpaired) electrons. The molecule has 20 heavy (non-hydrogen) atoms. The van der Waals surface area contributed by atoms with Gasteiger partial charge in [0.15, 0.2) is 0 Å². The van der Waals surface area contributed by atoms with Crippen LogP contribution in [-0.2, 0) is 0 Å². The Morgan fingerprint density at radius 2 is 1.60 bits per heavy atom. The first-order chi connectivity index (χ1) is 9.65. The zero-order valence-electron chi connectivity index (χ0n) is 10.3. The third-order valence-corrected chi connectivity index (χ3v) is 6.09. The van der Waals surface area contributed by atoms with Gasteiger partial charge in [-0.1, -0.05) is 40.9 Å². The van der Waals surface area contributed by atoms with Crippen molar-refractivity contribution in [2.24, 2.45) is 0 Å². The van der Waals surface area contributed by atoms with E-state index < -0.39 is 10.9 Å². The molecule has 0 aliphatic carbocycles. The van der Waals surface area contributed by atoms with Crippen molar-refractivity contribution in [2.45, 2.75) is 4.90 Å². The average Bonchev–Trinajstić information content (AvgIpc) is 2.92. The van der Waals surface area contributed by atoms with Gasteiger partial charge in [-0.25, -0.2) is 0 Å². The number of rotatable bonds is 2. The summed E-state index contributed by atoms with van der Waals surface area (Å²) in [5.74, 6) is 0. The van der Waals surface area contributed by atoms with Crippen molar-refractivity contribution >= 4 is 50.6 Å². The minimum Gasteiger partial charge on any atom is -0.171 e. The summed E-state index contributed by atoms with van der Waals surface area (Å²) in [4.78, 5) is 2.44. The van der Waals surface area contributed by atoms with Gasteiger partial charge in [0.2, 0.25) is 0 Å². The average molecular weight is 341 g/mol. The molecule has 0 N–H and O–H groups in total. The van der Waals surface area contributed by atoms with Crippen molar-refractivity contribution in [2.75, 3.05) is 0 Å². The highest BCUT2D eigenvalue weighted by molar-refractivity contribution is 8.26. The Kier molecular flexibility index (Phi) is 4.13. The summed E-state index contributed by atoms with van der Waals surface area (Å²) in [5.41, 5.74) is 1.08. The van der Waals surface area contributed by atoms with E-state index in [1.54, 1.807) is 0 Å². The molecule has 2 aromatic carbocycles.